The zero-order chi connectivity index (χ0) is 27.6. The molecule has 0 bridgehead atoms. The zero-order valence-corrected chi connectivity index (χ0v) is 22.1. The highest BCUT2D eigenvalue weighted by atomic mass is 32.2. The van der Waals surface area contributed by atoms with E-state index in [9.17, 15) is 22.8 Å². The average Bonchev–Trinajstić information content (AvgIpc) is 2.85. The van der Waals surface area contributed by atoms with E-state index in [1.165, 1.54) is 36.4 Å². The monoisotopic (exact) mass is 534 g/mol. The molecule has 1 aliphatic heterocycles. The Kier molecular flexibility index (Phi) is 7.36. The molecule has 0 radical (unpaired) electrons. The van der Waals surface area contributed by atoms with E-state index in [0.717, 1.165) is 16.0 Å². The molecule has 9 nitrogen and oxygen atoms in total. The van der Waals surface area contributed by atoms with Crippen molar-refractivity contribution in [3.8, 4) is 11.5 Å². The maximum absolute atomic E-state index is 13.3. The summed E-state index contributed by atoms with van der Waals surface area (Å²) in [5.41, 5.74) is 2.88. The van der Waals surface area contributed by atoms with Gasteiger partial charge in [0.05, 0.1) is 12.3 Å². The van der Waals surface area contributed by atoms with Crippen molar-refractivity contribution in [2.45, 2.75) is 32.6 Å². The molecule has 1 fully saturated rings. The van der Waals surface area contributed by atoms with Gasteiger partial charge in [-0.1, -0.05) is 35.9 Å². The lowest BCUT2D eigenvalue weighted by Crippen LogP contribution is -2.54. The molecule has 1 saturated heterocycles. The SMILES string of the molecule is CCOc1cc(/C=C2\C(=O)NC(=O)N(c3cc(C)ccc3C)C2=O)ccc1OS(=O)(=O)c1ccc(C)cc1. The van der Waals surface area contributed by atoms with Gasteiger partial charge < -0.3 is 8.92 Å². The van der Waals surface area contributed by atoms with Gasteiger partial charge in [0.15, 0.2) is 11.5 Å². The molecule has 3 aromatic rings. The van der Waals surface area contributed by atoms with Crippen LogP contribution >= 0.6 is 0 Å². The second kappa shape index (κ2) is 10.5. The number of anilines is 1. The van der Waals surface area contributed by atoms with Crippen LogP contribution in [0.5, 0.6) is 11.5 Å². The van der Waals surface area contributed by atoms with Crippen LogP contribution in [0.3, 0.4) is 0 Å². The van der Waals surface area contributed by atoms with Crippen LogP contribution in [-0.2, 0) is 19.7 Å². The van der Waals surface area contributed by atoms with Gasteiger partial charge in [-0.15, -0.1) is 0 Å². The molecule has 38 heavy (non-hydrogen) atoms. The van der Waals surface area contributed by atoms with Crippen LogP contribution < -0.4 is 19.1 Å². The normalized spacial score (nSPS) is 15.0. The van der Waals surface area contributed by atoms with E-state index in [-0.39, 0.29) is 28.6 Å². The number of hydrogen-bond donors (Lipinski definition) is 1. The number of nitrogens with one attached hydrogen (secondary N) is 1. The average molecular weight is 535 g/mol. The van der Waals surface area contributed by atoms with Crippen molar-refractivity contribution in [1.82, 2.24) is 5.32 Å². The van der Waals surface area contributed by atoms with Gasteiger partial charge in [-0.3, -0.25) is 14.9 Å². The number of benzene rings is 3. The highest BCUT2D eigenvalue weighted by Gasteiger charge is 2.37. The van der Waals surface area contributed by atoms with Crippen LogP contribution in [0.15, 0.2) is 71.1 Å². The summed E-state index contributed by atoms with van der Waals surface area (Å²) >= 11 is 0. The Balaban J connectivity index is 1.69. The third-order valence-corrected chi connectivity index (χ3v) is 7.04. The fourth-order valence-corrected chi connectivity index (χ4v) is 4.77. The quantitative estimate of drug-likeness (QED) is 0.270. The first-order valence-corrected chi connectivity index (χ1v) is 13.2. The smallest absolute Gasteiger partial charge is 0.339 e. The molecule has 196 valence electrons. The molecule has 4 rings (SSSR count). The van der Waals surface area contributed by atoms with Crippen LogP contribution in [0.25, 0.3) is 6.08 Å². The number of barbiturate groups is 1. The standard InChI is InChI=1S/C28H26N2O7S/c1-5-36-25-16-20(10-13-24(25)37-38(34,35)21-11-7-17(2)8-12-21)15-22-26(31)29-28(33)30(27(22)32)23-14-18(3)6-9-19(23)4/h6-16H,5H2,1-4H3,(H,29,31,33)/b22-15+. The van der Waals surface area contributed by atoms with Gasteiger partial charge in [-0.05, 0) is 80.8 Å². The Morgan fingerprint density at radius 1 is 0.868 bits per heavy atom. The predicted molar refractivity (Wildman–Crippen MR) is 142 cm³/mol. The topological polar surface area (TPSA) is 119 Å². The van der Waals surface area contributed by atoms with Gasteiger partial charge >= 0.3 is 16.1 Å². The molecule has 1 aliphatic rings. The molecule has 0 unspecified atom stereocenters. The number of ether oxygens (including phenoxy) is 1. The van der Waals surface area contributed by atoms with Crippen molar-refractivity contribution >= 4 is 39.7 Å². The molecule has 3 aromatic carbocycles. The summed E-state index contributed by atoms with van der Waals surface area (Å²) in [6, 6.07) is 15.0. The number of amides is 4. The minimum absolute atomic E-state index is 0.0163. The number of rotatable bonds is 7. The van der Waals surface area contributed by atoms with Gasteiger partial charge in [0.1, 0.15) is 10.5 Å². The predicted octanol–water partition coefficient (Wildman–Crippen LogP) is 4.44. The molecule has 1 N–H and O–H groups in total. The van der Waals surface area contributed by atoms with E-state index < -0.39 is 28.0 Å². The molecule has 0 atom stereocenters. The van der Waals surface area contributed by atoms with Crippen LogP contribution in [0.2, 0.25) is 0 Å². The van der Waals surface area contributed by atoms with E-state index >= 15 is 0 Å². The third kappa shape index (κ3) is 5.45. The summed E-state index contributed by atoms with van der Waals surface area (Å²) in [4.78, 5) is 39.4. The first-order valence-electron chi connectivity index (χ1n) is 11.8. The highest BCUT2D eigenvalue weighted by Crippen LogP contribution is 2.33. The fraction of sp³-hybridized carbons (Fsp3) is 0.179. The molecular formula is C28H26N2O7S. The molecule has 0 saturated carbocycles. The van der Waals surface area contributed by atoms with Crippen molar-refractivity contribution in [1.29, 1.82) is 0 Å². The molecule has 4 amide bonds. The van der Waals surface area contributed by atoms with Gasteiger partial charge in [0.2, 0.25) is 0 Å². The lowest BCUT2D eigenvalue weighted by atomic mass is 10.0. The Hall–Kier alpha value is -4.44. The summed E-state index contributed by atoms with van der Waals surface area (Å²) in [5.74, 6) is -1.58. The summed E-state index contributed by atoms with van der Waals surface area (Å²) in [7, 11) is -4.14. The van der Waals surface area contributed by atoms with Gasteiger partial charge in [0, 0.05) is 0 Å². The third-order valence-electron chi connectivity index (χ3n) is 5.79. The number of carbonyl (C=O) groups excluding carboxylic acids is 3. The number of urea groups is 1. The second-order valence-electron chi connectivity index (χ2n) is 8.74. The molecule has 10 heteroatoms. The zero-order valence-electron chi connectivity index (χ0n) is 21.3. The van der Waals surface area contributed by atoms with Crippen LogP contribution in [-0.4, -0.2) is 32.9 Å². The van der Waals surface area contributed by atoms with Crippen LogP contribution in [0.4, 0.5) is 10.5 Å². The maximum Gasteiger partial charge on any atom is 0.339 e. The van der Waals surface area contributed by atoms with E-state index in [0.29, 0.717) is 16.8 Å². The van der Waals surface area contributed by atoms with E-state index in [4.69, 9.17) is 8.92 Å². The molecule has 1 heterocycles. The summed E-state index contributed by atoms with van der Waals surface area (Å²) < 4.78 is 36.5. The molecular weight excluding hydrogens is 508 g/mol. The number of carbonyl (C=O) groups is 3. The summed E-state index contributed by atoms with van der Waals surface area (Å²) in [6.45, 7) is 7.35. The van der Waals surface area contributed by atoms with Crippen molar-refractivity contribution < 1.29 is 31.7 Å². The Labute approximate surface area is 220 Å². The van der Waals surface area contributed by atoms with Crippen molar-refractivity contribution in [3.05, 3.63) is 88.5 Å². The van der Waals surface area contributed by atoms with E-state index in [1.807, 2.05) is 19.9 Å². The molecule has 0 aromatic heterocycles. The van der Waals surface area contributed by atoms with Crippen molar-refractivity contribution in [2.75, 3.05) is 11.5 Å². The van der Waals surface area contributed by atoms with Crippen molar-refractivity contribution in [3.63, 3.8) is 0 Å². The first kappa shape index (κ1) is 26.6. The maximum atomic E-state index is 13.3. The summed E-state index contributed by atoms with van der Waals surface area (Å²) in [6.07, 6.45) is 1.31. The number of hydrogen-bond acceptors (Lipinski definition) is 7. The molecule has 0 spiro atoms. The Morgan fingerprint density at radius 3 is 2.24 bits per heavy atom. The molecule has 0 aliphatic carbocycles. The summed E-state index contributed by atoms with van der Waals surface area (Å²) in [5, 5.41) is 2.20. The van der Waals surface area contributed by atoms with Gasteiger partial charge in [-0.25, -0.2) is 9.69 Å². The van der Waals surface area contributed by atoms with Gasteiger partial charge in [-0.2, -0.15) is 8.42 Å². The first-order chi connectivity index (χ1) is 18.0. The van der Waals surface area contributed by atoms with E-state index in [1.54, 1.807) is 38.1 Å². The Morgan fingerprint density at radius 2 is 1.55 bits per heavy atom. The second-order valence-corrected chi connectivity index (χ2v) is 10.3. The van der Waals surface area contributed by atoms with E-state index in [2.05, 4.69) is 5.32 Å². The van der Waals surface area contributed by atoms with Crippen molar-refractivity contribution in [2.24, 2.45) is 0 Å². The number of aryl methyl sites for hydroxylation is 3. The minimum Gasteiger partial charge on any atom is -0.490 e. The highest BCUT2D eigenvalue weighted by molar-refractivity contribution is 7.87. The number of nitrogens with zero attached hydrogens (tertiary/aromatic N) is 1. The van der Waals surface area contributed by atoms with Gasteiger partial charge in [0.25, 0.3) is 11.8 Å². The van der Waals surface area contributed by atoms with Crippen LogP contribution in [0, 0.1) is 20.8 Å². The lowest BCUT2D eigenvalue weighted by Gasteiger charge is -2.27. The largest absolute Gasteiger partial charge is 0.490 e. The minimum atomic E-state index is -4.14. The Bertz CT molecular complexity index is 1580. The lowest BCUT2D eigenvalue weighted by molar-refractivity contribution is -0.122. The van der Waals surface area contributed by atoms with Crippen LogP contribution in [0.1, 0.15) is 29.2 Å². The number of imide groups is 2. The fourth-order valence-electron chi connectivity index (χ4n) is 3.83.